The van der Waals surface area contributed by atoms with Crippen LogP contribution in [-0.2, 0) is 19.8 Å². The van der Waals surface area contributed by atoms with E-state index >= 15 is 0 Å². The van der Waals surface area contributed by atoms with Gasteiger partial charge in [-0.25, -0.2) is 4.39 Å². The molecule has 0 aliphatic carbocycles. The molecule has 0 heterocycles. The Balaban J connectivity index is 2.89. The van der Waals surface area contributed by atoms with Gasteiger partial charge in [-0.2, -0.15) is 0 Å². The van der Waals surface area contributed by atoms with Gasteiger partial charge >= 0.3 is 7.60 Å². The highest BCUT2D eigenvalue weighted by atomic mass is 79.9. The Labute approximate surface area is 109 Å². The van der Waals surface area contributed by atoms with Gasteiger partial charge in [-0.3, -0.25) is 4.57 Å². The predicted octanol–water partition coefficient (Wildman–Crippen LogP) is 4.35. The van der Waals surface area contributed by atoms with Crippen molar-refractivity contribution in [3.8, 4) is 0 Å². The molecule has 0 aromatic heterocycles. The van der Waals surface area contributed by atoms with Gasteiger partial charge in [0.15, 0.2) is 0 Å². The van der Waals surface area contributed by atoms with Crippen LogP contribution in [0.25, 0.3) is 0 Å². The number of hydrogen-bond acceptors (Lipinski definition) is 3. The molecule has 0 unspecified atom stereocenters. The lowest BCUT2D eigenvalue weighted by atomic mass is 10.2. The molecular formula is C11H15BrFO3P. The van der Waals surface area contributed by atoms with E-state index in [1.54, 1.807) is 19.9 Å². The van der Waals surface area contributed by atoms with Crippen LogP contribution >= 0.6 is 23.5 Å². The first-order valence-corrected chi connectivity index (χ1v) is 7.85. The third-order valence-corrected chi connectivity index (χ3v) is 4.80. The second kappa shape index (κ2) is 6.64. The van der Waals surface area contributed by atoms with Gasteiger partial charge in [-0.15, -0.1) is 0 Å². The minimum absolute atomic E-state index is 0.134. The Morgan fingerprint density at radius 2 is 1.88 bits per heavy atom. The van der Waals surface area contributed by atoms with Crippen molar-refractivity contribution in [3.05, 3.63) is 34.1 Å². The van der Waals surface area contributed by atoms with Gasteiger partial charge < -0.3 is 9.05 Å². The van der Waals surface area contributed by atoms with E-state index in [0.29, 0.717) is 23.2 Å². The Bertz CT molecular complexity index is 415. The van der Waals surface area contributed by atoms with Crippen LogP contribution < -0.4 is 0 Å². The molecular weight excluding hydrogens is 310 g/mol. The number of halogens is 2. The molecule has 0 aliphatic rings. The van der Waals surface area contributed by atoms with Crippen LogP contribution in [0.2, 0.25) is 0 Å². The highest BCUT2D eigenvalue weighted by Crippen LogP contribution is 2.52. The lowest BCUT2D eigenvalue weighted by molar-refractivity contribution is 0.219. The molecule has 0 amide bonds. The summed E-state index contributed by atoms with van der Waals surface area (Å²) >= 11 is 3.23. The summed E-state index contributed by atoms with van der Waals surface area (Å²) in [5, 5.41) is 0. The fourth-order valence-electron chi connectivity index (χ4n) is 1.38. The van der Waals surface area contributed by atoms with E-state index < -0.39 is 7.60 Å². The Morgan fingerprint density at radius 3 is 2.35 bits per heavy atom. The summed E-state index contributed by atoms with van der Waals surface area (Å²) in [4.78, 5) is 0. The smallest absolute Gasteiger partial charge is 0.309 e. The minimum Gasteiger partial charge on any atom is -0.309 e. The zero-order valence-corrected chi connectivity index (χ0v) is 12.3. The molecule has 1 aromatic carbocycles. The summed E-state index contributed by atoms with van der Waals surface area (Å²) in [7, 11) is -3.14. The first kappa shape index (κ1) is 14.8. The van der Waals surface area contributed by atoms with Gasteiger partial charge in [0.1, 0.15) is 5.82 Å². The van der Waals surface area contributed by atoms with Crippen molar-refractivity contribution >= 4 is 23.5 Å². The molecule has 0 saturated heterocycles. The van der Waals surface area contributed by atoms with Crippen molar-refractivity contribution in [3.63, 3.8) is 0 Å². The summed E-state index contributed by atoms with van der Waals surface area (Å²) in [6.45, 7) is 4.14. The summed E-state index contributed by atoms with van der Waals surface area (Å²) in [5.41, 5.74) is 0.705. The second-order valence-electron chi connectivity index (χ2n) is 3.34. The van der Waals surface area contributed by atoms with E-state index in [1.165, 1.54) is 12.1 Å². The number of hydrogen-bond donors (Lipinski definition) is 0. The van der Waals surface area contributed by atoms with Gasteiger partial charge in [0.2, 0.25) is 0 Å². The highest BCUT2D eigenvalue weighted by molar-refractivity contribution is 9.10. The van der Waals surface area contributed by atoms with E-state index in [0.717, 1.165) is 0 Å². The lowest BCUT2D eigenvalue weighted by Gasteiger charge is -2.17. The van der Waals surface area contributed by atoms with Crippen molar-refractivity contribution in [1.29, 1.82) is 0 Å². The molecule has 0 fully saturated rings. The van der Waals surface area contributed by atoms with E-state index in [9.17, 15) is 8.96 Å². The van der Waals surface area contributed by atoms with Gasteiger partial charge in [-0.1, -0.05) is 22.0 Å². The molecule has 0 N–H and O–H groups in total. The second-order valence-corrected chi connectivity index (χ2v) is 6.25. The highest BCUT2D eigenvalue weighted by Gasteiger charge is 2.25. The molecule has 17 heavy (non-hydrogen) atoms. The standard InChI is InChI=1S/C11H15BrFO3P/c1-3-15-17(14,16-4-2)8-9-5-6-10(13)7-11(9)12/h5-7H,3-4,8H2,1-2H3. The van der Waals surface area contributed by atoms with Crippen LogP contribution in [0.5, 0.6) is 0 Å². The molecule has 6 heteroatoms. The van der Waals surface area contributed by atoms with Crippen LogP contribution in [0.4, 0.5) is 4.39 Å². The monoisotopic (exact) mass is 324 g/mol. The third-order valence-electron chi connectivity index (χ3n) is 2.03. The van der Waals surface area contributed by atoms with Gasteiger partial charge in [0, 0.05) is 4.47 Å². The van der Waals surface area contributed by atoms with Gasteiger partial charge in [0.05, 0.1) is 19.4 Å². The average molecular weight is 325 g/mol. The quantitative estimate of drug-likeness (QED) is 0.729. The molecule has 1 aromatic rings. The SMILES string of the molecule is CCOP(=O)(Cc1ccc(F)cc1Br)OCC. The first-order valence-electron chi connectivity index (χ1n) is 5.33. The molecule has 1 rings (SSSR count). The van der Waals surface area contributed by atoms with Crippen molar-refractivity contribution in [1.82, 2.24) is 0 Å². The summed E-state index contributed by atoms with van der Waals surface area (Å²) < 4.78 is 36.1. The molecule has 0 spiro atoms. The molecule has 0 radical (unpaired) electrons. The summed E-state index contributed by atoms with van der Waals surface area (Å²) in [6.07, 6.45) is 0.134. The maximum atomic E-state index is 12.9. The summed E-state index contributed by atoms with van der Waals surface area (Å²) in [5.74, 6) is -0.344. The van der Waals surface area contributed by atoms with Crippen molar-refractivity contribution in [2.45, 2.75) is 20.0 Å². The zero-order valence-electron chi connectivity index (χ0n) is 9.78. The van der Waals surface area contributed by atoms with Crippen LogP contribution in [0.15, 0.2) is 22.7 Å². The molecule has 0 saturated carbocycles. The minimum atomic E-state index is -3.14. The molecule has 3 nitrogen and oxygen atoms in total. The summed E-state index contributed by atoms with van der Waals surface area (Å²) in [6, 6.07) is 4.23. The molecule has 96 valence electrons. The van der Waals surface area contributed by atoms with Crippen LogP contribution in [0.3, 0.4) is 0 Å². The molecule has 0 aliphatic heterocycles. The zero-order chi connectivity index (χ0) is 12.9. The van der Waals surface area contributed by atoms with Gasteiger partial charge in [0.25, 0.3) is 0 Å². The third kappa shape index (κ3) is 4.51. The van der Waals surface area contributed by atoms with Crippen molar-refractivity contribution in [2.24, 2.45) is 0 Å². The Morgan fingerprint density at radius 1 is 1.29 bits per heavy atom. The predicted molar refractivity (Wildman–Crippen MR) is 68.7 cm³/mol. The van der Waals surface area contributed by atoms with Crippen LogP contribution in [0.1, 0.15) is 19.4 Å². The fraction of sp³-hybridized carbons (Fsp3) is 0.455. The fourth-order valence-corrected chi connectivity index (χ4v) is 3.83. The van der Waals surface area contributed by atoms with Crippen molar-refractivity contribution in [2.75, 3.05) is 13.2 Å². The van der Waals surface area contributed by atoms with E-state index in [1.807, 2.05) is 0 Å². The topological polar surface area (TPSA) is 35.5 Å². The normalized spacial score (nSPS) is 11.8. The largest absolute Gasteiger partial charge is 0.335 e. The number of rotatable bonds is 6. The Hall–Kier alpha value is -0.220. The van der Waals surface area contributed by atoms with E-state index in [2.05, 4.69) is 15.9 Å². The number of benzene rings is 1. The van der Waals surface area contributed by atoms with Gasteiger partial charge in [-0.05, 0) is 31.5 Å². The Kier molecular flexibility index (Phi) is 5.80. The van der Waals surface area contributed by atoms with Crippen LogP contribution in [-0.4, -0.2) is 13.2 Å². The lowest BCUT2D eigenvalue weighted by Crippen LogP contribution is -1.99. The maximum absolute atomic E-state index is 12.9. The average Bonchev–Trinajstić information content (AvgIpc) is 2.23. The van der Waals surface area contributed by atoms with E-state index in [-0.39, 0.29) is 12.0 Å². The molecule has 0 bridgehead atoms. The van der Waals surface area contributed by atoms with Crippen LogP contribution in [0, 0.1) is 5.82 Å². The maximum Gasteiger partial charge on any atom is 0.335 e. The molecule has 0 atom stereocenters. The van der Waals surface area contributed by atoms with E-state index in [4.69, 9.17) is 9.05 Å². The van der Waals surface area contributed by atoms with Crippen molar-refractivity contribution < 1.29 is 18.0 Å². The first-order chi connectivity index (χ1) is 8.00.